The molecule has 0 saturated heterocycles. The lowest BCUT2D eigenvalue weighted by molar-refractivity contribution is -0.170. The second-order valence-corrected chi connectivity index (χ2v) is 10.00. The summed E-state index contributed by atoms with van der Waals surface area (Å²) < 4.78 is 0. The predicted molar refractivity (Wildman–Crippen MR) is 93.4 cm³/mol. The minimum absolute atomic E-state index is 0.0216. The molecule has 0 bridgehead atoms. The van der Waals surface area contributed by atoms with E-state index in [0.29, 0.717) is 29.6 Å². The van der Waals surface area contributed by atoms with Crippen LogP contribution in [-0.4, -0.2) is 27.7 Å². The van der Waals surface area contributed by atoms with E-state index in [0.717, 1.165) is 44.4 Å². The Labute approximate surface area is 146 Å². The fourth-order valence-electron chi connectivity index (χ4n) is 7.83. The van der Waals surface area contributed by atoms with Crippen molar-refractivity contribution in [2.24, 2.45) is 34.5 Å². The van der Waals surface area contributed by atoms with E-state index in [2.05, 4.69) is 13.8 Å². The van der Waals surface area contributed by atoms with Crippen LogP contribution >= 0.6 is 0 Å². The van der Waals surface area contributed by atoms with Crippen LogP contribution in [0.15, 0.2) is 0 Å². The van der Waals surface area contributed by atoms with Crippen LogP contribution in [0.5, 0.6) is 0 Å². The van der Waals surface area contributed by atoms with Crippen molar-refractivity contribution in [1.82, 2.24) is 0 Å². The molecule has 0 unspecified atom stereocenters. The summed E-state index contributed by atoms with van der Waals surface area (Å²) in [4.78, 5) is 12.2. The first-order chi connectivity index (χ1) is 11.2. The van der Waals surface area contributed by atoms with Crippen LogP contribution in [0.25, 0.3) is 0 Å². The molecule has 0 aromatic heterocycles. The first-order valence-corrected chi connectivity index (χ1v) is 10.1. The molecule has 4 rings (SSSR count). The van der Waals surface area contributed by atoms with Gasteiger partial charge < -0.3 is 10.2 Å². The monoisotopic (exact) mass is 334 g/mol. The average molecular weight is 335 g/mol. The number of hydrogen-bond acceptors (Lipinski definition) is 3. The molecule has 0 amide bonds. The van der Waals surface area contributed by atoms with E-state index in [4.69, 9.17) is 0 Å². The van der Waals surface area contributed by atoms with Gasteiger partial charge in [0, 0.05) is 5.41 Å². The number of carbonyl (C=O) groups excluding carboxylic acids is 1. The highest BCUT2D eigenvalue weighted by Gasteiger charge is 2.65. The third-order valence-electron chi connectivity index (χ3n) is 9.37. The van der Waals surface area contributed by atoms with E-state index in [1.165, 1.54) is 12.8 Å². The van der Waals surface area contributed by atoms with Gasteiger partial charge in [0.05, 0.1) is 6.10 Å². The van der Waals surface area contributed by atoms with E-state index >= 15 is 0 Å². The number of fused-ring (bicyclic) bond motifs is 5. The molecule has 4 aliphatic rings. The normalized spacial score (nSPS) is 57.0. The first-order valence-electron chi connectivity index (χ1n) is 10.1. The Bertz CT molecular complexity index is 545. The van der Waals surface area contributed by atoms with Crippen LogP contribution in [0.2, 0.25) is 0 Å². The van der Waals surface area contributed by atoms with Gasteiger partial charge in [-0.05, 0) is 93.8 Å². The molecule has 2 N–H and O–H groups in total. The molecule has 0 aromatic carbocycles. The van der Waals surface area contributed by atoms with Crippen LogP contribution < -0.4 is 0 Å². The van der Waals surface area contributed by atoms with Gasteiger partial charge in [0.25, 0.3) is 0 Å². The van der Waals surface area contributed by atoms with Crippen molar-refractivity contribution in [2.45, 2.75) is 90.3 Å². The maximum Gasteiger partial charge on any atom is 0.161 e. The van der Waals surface area contributed by atoms with E-state index in [-0.39, 0.29) is 17.3 Å². The summed E-state index contributed by atoms with van der Waals surface area (Å²) in [5.41, 5.74) is -0.957. The number of aliphatic hydroxyl groups excluding tert-OH is 1. The van der Waals surface area contributed by atoms with Crippen molar-refractivity contribution < 1.29 is 15.0 Å². The maximum absolute atomic E-state index is 12.2. The zero-order valence-corrected chi connectivity index (χ0v) is 15.6. The van der Waals surface area contributed by atoms with Crippen molar-refractivity contribution in [2.75, 3.05) is 0 Å². The van der Waals surface area contributed by atoms with Gasteiger partial charge in [-0.25, -0.2) is 0 Å². The number of Topliss-reactive ketones (excluding diaryl/α,β-unsaturated/α-hetero) is 1. The number of carbonyl (C=O) groups is 1. The number of aliphatic hydroxyl groups is 2. The molecule has 136 valence electrons. The van der Waals surface area contributed by atoms with Gasteiger partial charge in [-0.15, -0.1) is 0 Å². The molecular weight excluding hydrogens is 300 g/mol. The van der Waals surface area contributed by atoms with Crippen molar-refractivity contribution in [1.29, 1.82) is 0 Å². The van der Waals surface area contributed by atoms with Crippen molar-refractivity contribution >= 4 is 5.78 Å². The third-order valence-corrected chi connectivity index (χ3v) is 9.37. The summed E-state index contributed by atoms with van der Waals surface area (Å²) in [6.07, 6.45) is 9.25. The van der Waals surface area contributed by atoms with Gasteiger partial charge in [-0.1, -0.05) is 13.8 Å². The standard InChI is InChI=1S/C21H34O3/c1-13(22)21(24)11-8-18-16-5-4-14-12-15(23)6-9-19(14,2)17(16)7-10-20(18,21)3/h14-18,23-24H,4-12H2,1-3H3/t14-,15-,16+,17-,18-,19-,20-,21-/m0/s1. The third kappa shape index (κ3) is 2.00. The number of rotatable bonds is 1. The van der Waals surface area contributed by atoms with Gasteiger partial charge in [0.2, 0.25) is 0 Å². The molecule has 4 saturated carbocycles. The maximum atomic E-state index is 12.2. The van der Waals surface area contributed by atoms with Crippen LogP contribution in [0, 0.1) is 34.5 Å². The summed E-state index contributed by atoms with van der Waals surface area (Å²) in [5, 5.41) is 21.3. The van der Waals surface area contributed by atoms with E-state index < -0.39 is 5.60 Å². The van der Waals surface area contributed by atoms with Crippen LogP contribution in [0.4, 0.5) is 0 Å². The number of ketones is 1. The molecule has 3 heteroatoms. The highest BCUT2D eigenvalue weighted by atomic mass is 16.3. The quantitative estimate of drug-likeness (QED) is 0.768. The minimum Gasteiger partial charge on any atom is -0.393 e. The van der Waals surface area contributed by atoms with Gasteiger partial charge in [0.1, 0.15) is 5.60 Å². The van der Waals surface area contributed by atoms with Gasteiger partial charge >= 0.3 is 0 Å². The van der Waals surface area contributed by atoms with E-state index in [1.807, 2.05) is 0 Å². The van der Waals surface area contributed by atoms with Crippen molar-refractivity contribution in [3.63, 3.8) is 0 Å². The second-order valence-electron chi connectivity index (χ2n) is 10.00. The largest absolute Gasteiger partial charge is 0.393 e. The molecule has 4 aliphatic carbocycles. The highest BCUT2D eigenvalue weighted by molar-refractivity contribution is 5.86. The summed E-state index contributed by atoms with van der Waals surface area (Å²) in [6, 6.07) is 0. The molecule has 0 aliphatic heterocycles. The van der Waals surface area contributed by atoms with E-state index in [9.17, 15) is 15.0 Å². The fraction of sp³-hybridized carbons (Fsp3) is 0.952. The highest BCUT2D eigenvalue weighted by Crippen LogP contribution is 2.68. The SMILES string of the molecule is CC(=O)[C@@]1(O)CC[C@H]2[C@@H]3CC[C@H]4C[C@@H](O)CC[C@]4(C)[C@H]3CC[C@@]21C. The Hall–Kier alpha value is -0.410. The Morgan fingerprint density at radius 2 is 1.67 bits per heavy atom. The van der Waals surface area contributed by atoms with Gasteiger partial charge in [0.15, 0.2) is 5.78 Å². The zero-order chi connectivity index (χ0) is 17.3. The van der Waals surface area contributed by atoms with Crippen LogP contribution in [-0.2, 0) is 4.79 Å². The molecule has 8 atom stereocenters. The average Bonchev–Trinajstić information content (AvgIpc) is 2.81. The lowest BCUT2D eigenvalue weighted by atomic mass is 9.44. The minimum atomic E-state index is -1.09. The molecule has 4 fully saturated rings. The zero-order valence-electron chi connectivity index (χ0n) is 15.6. The Morgan fingerprint density at radius 1 is 0.958 bits per heavy atom. The Balaban J connectivity index is 1.65. The summed E-state index contributed by atoms with van der Waals surface area (Å²) in [6.45, 7) is 6.26. The van der Waals surface area contributed by atoms with Crippen molar-refractivity contribution in [3.05, 3.63) is 0 Å². The van der Waals surface area contributed by atoms with Gasteiger partial charge in [-0.3, -0.25) is 4.79 Å². The lowest BCUT2D eigenvalue weighted by Gasteiger charge is -2.61. The molecule has 0 spiro atoms. The number of hydrogen-bond donors (Lipinski definition) is 2. The predicted octanol–water partition coefficient (Wildman–Crippen LogP) is 3.71. The topological polar surface area (TPSA) is 57.5 Å². The molecular formula is C21H34O3. The summed E-state index contributed by atoms with van der Waals surface area (Å²) in [7, 11) is 0. The summed E-state index contributed by atoms with van der Waals surface area (Å²) >= 11 is 0. The molecule has 0 radical (unpaired) electrons. The smallest absolute Gasteiger partial charge is 0.161 e. The fourth-order valence-corrected chi connectivity index (χ4v) is 7.83. The van der Waals surface area contributed by atoms with Crippen LogP contribution in [0.1, 0.15) is 78.6 Å². The summed E-state index contributed by atoms with van der Waals surface area (Å²) in [5.74, 6) is 2.52. The Morgan fingerprint density at radius 3 is 2.38 bits per heavy atom. The Kier molecular flexibility index (Phi) is 3.76. The molecule has 0 aromatic rings. The van der Waals surface area contributed by atoms with Crippen molar-refractivity contribution in [3.8, 4) is 0 Å². The molecule has 0 heterocycles. The molecule has 24 heavy (non-hydrogen) atoms. The van der Waals surface area contributed by atoms with Crippen LogP contribution in [0.3, 0.4) is 0 Å². The lowest BCUT2D eigenvalue weighted by Crippen LogP contribution is -2.58. The molecule has 3 nitrogen and oxygen atoms in total. The van der Waals surface area contributed by atoms with E-state index in [1.54, 1.807) is 6.92 Å². The second kappa shape index (κ2) is 5.30. The van der Waals surface area contributed by atoms with Gasteiger partial charge in [-0.2, -0.15) is 0 Å². The first kappa shape index (κ1) is 17.0.